The van der Waals surface area contributed by atoms with Gasteiger partial charge >= 0.3 is 5.97 Å². The molecule has 0 radical (unpaired) electrons. The van der Waals surface area contributed by atoms with E-state index in [0.717, 1.165) is 13.0 Å². The highest BCUT2D eigenvalue weighted by Crippen LogP contribution is 2.01. The van der Waals surface area contributed by atoms with Gasteiger partial charge in [-0.3, -0.25) is 4.79 Å². The summed E-state index contributed by atoms with van der Waals surface area (Å²) in [6, 6.07) is 0. The lowest BCUT2D eigenvalue weighted by atomic mass is 10.3. The molecule has 0 saturated heterocycles. The van der Waals surface area contributed by atoms with Gasteiger partial charge in [-0.2, -0.15) is 11.8 Å². The Morgan fingerprint density at radius 2 is 2.15 bits per heavy atom. The van der Waals surface area contributed by atoms with Crippen molar-refractivity contribution in [1.29, 1.82) is 0 Å². The average molecular weight is 205 g/mol. The number of carboxylic acid groups (broad SMARTS) is 1. The Kier molecular flexibility index (Phi) is 8.24. The van der Waals surface area contributed by atoms with Crippen LogP contribution in [0.25, 0.3) is 0 Å². The van der Waals surface area contributed by atoms with Crippen LogP contribution in [0.4, 0.5) is 0 Å². The Labute approximate surface area is 84.5 Å². The van der Waals surface area contributed by atoms with E-state index in [2.05, 4.69) is 11.8 Å². The lowest BCUT2D eigenvalue weighted by Gasteiger charge is -2.14. The highest BCUT2D eigenvalue weighted by atomic mass is 32.2. The molecule has 4 heteroatoms. The topological polar surface area (TPSA) is 40.5 Å². The molecule has 0 fully saturated rings. The Morgan fingerprint density at radius 3 is 2.69 bits per heavy atom. The van der Waals surface area contributed by atoms with Crippen LogP contribution in [0.2, 0.25) is 0 Å². The van der Waals surface area contributed by atoms with E-state index < -0.39 is 5.97 Å². The zero-order valence-electron chi connectivity index (χ0n) is 8.45. The molecule has 0 spiro atoms. The second-order valence-electron chi connectivity index (χ2n) is 3.00. The van der Waals surface area contributed by atoms with Crippen molar-refractivity contribution < 1.29 is 9.90 Å². The van der Waals surface area contributed by atoms with Crippen molar-refractivity contribution in [2.45, 2.75) is 19.8 Å². The first kappa shape index (κ1) is 12.8. The molecule has 0 aliphatic heterocycles. The highest BCUT2D eigenvalue weighted by molar-refractivity contribution is 7.99. The normalized spacial score (nSPS) is 10.7. The fourth-order valence-electron chi connectivity index (χ4n) is 0.979. The number of rotatable bonds is 8. The second kappa shape index (κ2) is 8.38. The Morgan fingerprint density at radius 1 is 1.46 bits per heavy atom. The van der Waals surface area contributed by atoms with E-state index in [1.165, 1.54) is 11.5 Å². The Bertz CT molecular complexity index is 142. The number of aliphatic carboxylic acids is 1. The van der Waals surface area contributed by atoms with Crippen LogP contribution >= 0.6 is 11.8 Å². The van der Waals surface area contributed by atoms with Crippen molar-refractivity contribution >= 4 is 17.7 Å². The first-order valence-electron chi connectivity index (χ1n) is 4.65. The van der Waals surface area contributed by atoms with Crippen LogP contribution in [0.1, 0.15) is 19.8 Å². The summed E-state index contributed by atoms with van der Waals surface area (Å²) in [7, 11) is 1.97. The summed E-state index contributed by atoms with van der Waals surface area (Å²) in [5.74, 6) is 1.63. The van der Waals surface area contributed by atoms with Crippen molar-refractivity contribution in [2.75, 3.05) is 31.6 Å². The van der Waals surface area contributed by atoms with Crippen LogP contribution in [-0.4, -0.2) is 47.6 Å². The van der Waals surface area contributed by atoms with Crippen molar-refractivity contribution in [3.05, 3.63) is 0 Å². The van der Waals surface area contributed by atoms with Crippen LogP contribution in [0.3, 0.4) is 0 Å². The number of thioether (sulfide) groups is 1. The molecule has 78 valence electrons. The summed E-state index contributed by atoms with van der Waals surface area (Å²) >= 11 is 1.93. The predicted octanol–water partition coefficient (Wildman–Crippen LogP) is 1.54. The summed E-state index contributed by atoms with van der Waals surface area (Å²) < 4.78 is 0. The molecule has 0 aromatic heterocycles. The quantitative estimate of drug-likeness (QED) is 0.610. The Balaban J connectivity index is 3.19. The summed E-state index contributed by atoms with van der Waals surface area (Å²) in [6.07, 6.45) is 1.39. The van der Waals surface area contributed by atoms with Crippen molar-refractivity contribution in [3.8, 4) is 0 Å². The van der Waals surface area contributed by atoms with Gasteiger partial charge in [-0.15, -0.1) is 0 Å². The van der Waals surface area contributed by atoms with E-state index in [9.17, 15) is 4.79 Å². The number of hydrogen-bond acceptors (Lipinski definition) is 3. The van der Waals surface area contributed by atoms with Crippen molar-refractivity contribution in [1.82, 2.24) is 4.90 Å². The monoisotopic (exact) mass is 205 g/mol. The van der Waals surface area contributed by atoms with Gasteiger partial charge in [0.2, 0.25) is 0 Å². The smallest absolute Gasteiger partial charge is 0.304 e. The average Bonchev–Trinajstić information content (AvgIpc) is 2.09. The maximum atomic E-state index is 10.2. The largest absolute Gasteiger partial charge is 0.481 e. The molecule has 0 aliphatic carbocycles. The van der Waals surface area contributed by atoms with Gasteiger partial charge in [-0.05, 0) is 31.5 Å². The third kappa shape index (κ3) is 9.70. The Hall–Kier alpha value is -0.220. The van der Waals surface area contributed by atoms with Gasteiger partial charge in [0.25, 0.3) is 0 Å². The van der Waals surface area contributed by atoms with E-state index in [4.69, 9.17) is 5.11 Å². The van der Waals surface area contributed by atoms with Crippen LogP contribution < -0.4 is 0 Å². The standard InChI is InChI=1S/C9H19NO2S/c1-3-13-8-4-6-10(2)7-5-9(11)12/h3-8H2,1-2H3,(H,11,12). The van der Waals surface area contributed by atoms with Gasteiger partial charge < -0.3 is 10.0 Å². The summed E-state index contributed by atoms with van der Waals surface area (Å²) in [5.41, 5.74) is 0. The molecule has 3 nitrogen and oxygen atoms in total. The first-order chi connectivity index (χ1) is 6.16. The van der Waals surface area contributed by atoms with Crippen LogP contribution in [0.15, 0.2) is 0 Å². The molecule has 0 aliphatic rings. The molecule has 1 N–H and O–H groups in total. The molecule has 0 heterocycles. The maximum absolute atomic E-state index is 10.2. The number of hydrogen-bond donors (Lipinski definition) is 1. The molecule has 0 aromatic carbocycles. The van der Waals surface area contributed by atoms with Crippen molar-refractivity contribution in [3.63, 3.8) is 0 Å². The van der Waals surface area contributed by atoms with Gasteiger partial charge in [0.15, 0.2) is 0 Å². The van der Waals surface area contributed by atoms with Crippen molar-refractivity contribution in [2.24, 2.45) is 0 Å². The van der Waals surface area contributed by atoms with Crippen LogP contribution in [-0.2, 0) is 4.79 Å². The minimum Gasteiger partial charge on any atom is -0.481 e. The van der Waals surface area contributed by atoms with Crippen LogP contribution in [0.5, 0.6) is 0 Å². The second-order valence-corrected chi connectivity index (χ2v) is 4.39. The first-order valence-corrected chi connectivity index (χ1v) is 5.80. The number of carbonyl (C=O) groups is 1. The van der Waals surface area contributed by atoms with Gasteiger partial charge in [0.05, 0.1) is 6.42 Å². The molecule has 0 unspecified atom stereocenters. The molecular weight excluding hydrogens is 186 g/mol. The zero-order valence-corrected chi connectivity index (χ0v) is 9.27. The van der Waals surface area contributed by atoms with E-state index in [1.54, 1.807) is 0 Å². The molecule has 0 atom stereocenters. The summed E-state index contributed by atoms with van der Waals surface area (Å²) in [5, 5.41) is 8.44. The lowest BCUT2D eigenvalue weighted by molar-refractivity contribution is -0.137. The number of carboxylic acids is 1. The van der Waals surface area contributed by atoms with Gasteiger partial charge in [-0.25, -0.2) is 0 Å². The molecule has 0 amide bonds. The fourth-order valence-corrected chi connectivity index (χ4v) is 1.60. The third-order valence-corrected chi connectivity index (χ3v) is 2.73. The molecular formula is C9H19NO2S. The molecule has 0 bridgehead atoms. The van der Waals surface area contributed by atoms with E-state index in [1.807, 2.05) is 18.8 Å². The SMILES string of the molecule is CCSCCCN(C)CCC(=O)O. The summed E-state index contributed by atoms with van der Waals surface area (Å²) in [6.45, 7) is 3.81. The lowest BCUT2D eigenvalue weighted by Crippen LogP contribution is -2.23. The van der Waals surface area contributed by atoms with Gasteiger partial charge in [0.1, 0.15) is 0 Å². The molecule has 13 heavy (non-hydrogen) atoms. The highest BCUT2D eigenvalue weighted by Gasteiger charge is 2.01. The molecule has 0 aromatic rings. The summed E-state index contributed by atoms with van der Waals surface area (Å²) in [4.78, 5) is 12.3. The zero-order chi connectivity index (χ0) is 10.1. The minimum absolute atomic E-state index is 0.247. The van der Waals surface area contributed by atoms with Gasteiger partial charge in [0, 0.05) is 6.54 Å². The van der Waals surface area contributed by atoms with E-state index >= 15 is 0 Å². The van der Waals surface area contributed by atoms with E-state index in [-0.39, 0.29) is 6.42 Å². The maximum Gasteiger partial charge on any atom is 0.304 e. The third-order valence-electron chi connectivity index (χ3n) is 1.74. The van der Waals surface area contributed by atoms with E-state index in [0.29, 0.717) is 6.54 Å². The fraction of sp³-hybridized carbons (Fsp3) is 0.889. The molecule has 0 rings (SSSR count). The minimum atomic E-state index is -0.713. The predicted molar refractivity (Wildman–Crippen MR) is 57.4 cm³/mol. The molecule has 0 saturated carbocycles. The number of nitrogens with zero attached hydrogens (tertiary/aromatic N) is 1. The van der Waals surface area contributed by atoms with Gasteiger partial charge in [-0.1, -0.05) is 6.92 Å². The van der Waals surface area contributed by atoms with Crippen LogP contribution in [0, 0.1) is 0 Å².